The van der Waals surface area contributed by atoms with Gasteiger partial charge in [-0.25, -0.2) is 0 Å². The van der Waals surface area contributed by atoms with E-state index in [0.29, 0.717) is 18.8 Å². The quantitative estimate of drug-likeness (QED) is 0.652. The maximum Gasteiger partial charge on any atom is 0.251 e. The molecule has 1 heterocycles. The summed E-state index contributed by atoms with van der Waals surface area (Å²) in [4.78, 5) is 25.0. The van der Waals surface area contributed by atoms with Crippen LogP contribution in [0.5, 0.6) is 0 Å². The van der Waals surface area contributed by atoms with Crippen molar-refractivity contribution >= 4 is 11.8 Å². The molecule has 6 nitrogen and oxygen atoms in total. The van der Waals surface area contributed by atoms with Crippen LogP contribution in [0.1, 0.15) is 34.8 Å². The molecule has 3 atom stereocenters. The van der Waals surface area contributed by atoms with Crippen LogP contribution in [0.25, 0.3) is 0 Å². The lowest BCUT2D eigenvalue weighted by Gasteiger charge is -2.21. The summed E-state index contributed by atoms with van der Waals surface area (Å²) < 4.78 is 5.27. The van der Waals surface area contributed by atoms with Crippen LogP contribution < -0.4 is 10.6 Å². The normalized spacial score (nSPS) is 18.2. The number of amides is 2. The molecule has 2 amide bonds. The van der Waals surface area contributed by atoms with E-state index in [4.69, 9.17) is 4.74 Å². The number of hydrogen-bond acceptors (Lipinski definition) is 4. The van der Waals surface area contributed by atoms with Crippen LogP contribution in [0.4, 0.5) is 0 Å². The molecule has 0 radical (unpaired) electrons. The molecule has 3 unspecified atom stereocenters. The minimum atomic E-state index is -0.625. The van der Waals surface area contributed by atoms with Crippen LogP contribution in [0.2, 0.25) is 0 Å². The number of carbonyl (C=O) groups excluding carboxylic acids is 2. The molecule has 1 saturated heterocycles. The zero-order valence-corrected chi connectivity index (χ0v) is 15.7. The summed E-state index contributed by atoms with van der Waals surface area (Å²) in [5, 5.41) is 15.9. The van der Waals surface area contributed by atoms with E-state index >= 15 is 0 Å². The first-order chi connectivity index (χ1) is 13.6. The Hall–Kier alpha value is -2.70. The molecule has 1 fully saturated rings. The molecule has 0 aromatic heterocycles. The fourth-order valence-corrected chi connectivity index (χ4v) is 3.27. The Balaban J connectivity index is 1.60. The zero-order chi connectivity index (χ0) is 19.8. The van der Waals surface area contributed by atoms with Gasteiger partial charge in [-0.2, -0.15) is 0 Å². The molecule has 148 valence electrons. The lowest BCUT2D eigenvalue weighted by Crippen LogP contribution is -2.39. The van der Waals surface area contributed by atoms with Crippen LogP contribution in [-0.4, -0.2) is 42.8 Å². The fraction of sp³-hybridized carbons (Fsp3) is 0.364. The van der Waals surface area contributed by atoms with Crippen LogP contribution in [-0.2, 0) is 9.53 Å². The van der Waals surface area contributed by atoms with Gasteiger partial charge >= 0.3 is 0 Å². The van der Waals surface area contributed by atoms with E-state index in [0.717, 1.165) is 12.0 Å². The van der Waals surface area contributed by atoms with Gasteiger partial charge in [0.15, 0.2) is 0 Å². The smallest absolute Gasteiger partial charge is 0.251 e. The maximum absolute atomic E-state index is 12.6. The van der Waals surface area contributed by atoms with Gasteiger partial charge in [-0.05, 0) is 24.1 Å². The summed E-state index contributed by atoms with van der Waals surface area (Å²) >= 11 is 0. The lowest BCUT2D eigenvalue weighted by molar-refractivity contribution is -0.122. The molecule has 0 bridgehead atoms. The van der Waals surface area contributed by atoms with E-state index in [1.54, 1.807) is 24.3 Å². The minimum absolute atomic E-state index is 0.0583. The van der Waals surface area contributed by atoms with Crippen molar-refractivity contribution in [1.82, 2.24) is 10.6 Å². The number of aliphatic hydroxyl groups excluding tert-OH is 1. The van der Waals surface area contributed by atoms with Crippen molar-refractivity contribution in [2.24, 2.45) is 5.92 Å². The Morgan fingerprint density at radius 1 is 1.07 bits per heavy atom. The fourth-order valence-electron chi connectivity index (χ4n) is 3.27. The van der Waals surface area contributed by atoms with Crippen LogP contribution in [0.3, 0.4) is 0 Å². The van der Waals surface area contributed by atoms with Gasteiger partial charge in [0.2, 0.25) is 5.91 Å². The standard InChI is InChI=1S/C22H26N2O4/c25-20(18-11-12-28-15-18)14-23-21(26)13-19(16-7-3-1-4-8-16)24-22(27)17-9-5-2-6-10-17/h1-10,18-20,25H,11-15H2,(H,23,26)(H,24,27). The van der Waals surface area contributed by atoms with Gasteiger partial charge in [0.05, 0.1) is 25.2 Å². The molecule has 2 aromatic rings. The van der Waals surface area contributed by atoms with E-state index in [-0.39, 0.29) is 30.7 Å². The zero-order valence-electron chi connectivity index (χ0n) is 15.7. The number of carbonyl (C=O) groups is 2. The summed E-state index contributed by atoms with van der Waals surface area (Å²) in [6.07, 6.45) is 0.272. The summed E-state index contributed by atoms with van der Waals surface area (Å²) in [6.45, 7) is 1.36. The number of hydrogen-bond donors (Lipinski definition) is 3. The van der Waals surface area contributed by atoms with Gasteiger partial charge in [0.1, 0.15) is 0 Å². The molecule has 3 N–H and O–H groups in total. The molecule has 0 aliphatic carbocycles. The van der Waals surface area contributed by atoms with Gasteiger partial charge < -0.3 is 20.5 Å². The van der Waals surface area contributed by atoms with Crippen molar-refractivity contribution in [3.8, 4) is 0 Å². The van der Waals surface area contributed by atoms with Crippen LogP contribution >= 0.6 is 0 Å². The average Bonchev–Trinajstić information content (AvgIpc) is 3.28. The minimum Gasteiger partial charge on any atom is -0.391 e. The van der Waals surface area contributed by atoms with Gasteiger partial charge in [-0.15, -0.1) is 0 Å². The van der Waals surface area contributed by atoms with Crippen molar-refractivity contribution in [2.75, 3.05) is 19.8 Å². The number of rotatable bonds is 8. The Labute approximate surface area is 164 Å². The predicted octanol–water partition coefficient (Wildman–Crippen LogP) is 2.06. The average molecular weight is 382 g/mol. The second-order valence-corrected chi connectivity index (χ2v) is 7.00. The molecule has 1 aliphatic heterocycles. The van der Waals surface area contributed by atoms with E-state index in [9.17, 15) is 14.7 Å². The molecule has 0 spiro atoms. The first-order valence-electron chi connectivity index (χ1n) is 9.57. The summed E-state index contributed by atoms with van der Waals surface area (Å²) in [6, 6.07) is 17.9. The lowest BCUT2D eigenvalue weighted by atomic mass is 10.0. The van der Waals surface area contributed by atoms with Crippen LogP contribution in [0, 0.1) is 5.92 Å². The second-order valence-electron chi connectivity index (χ2n) is 7.00. The van der Waals surface area contributed by atoms with E-state index in [2.05, 4.69) is 10.6 Å². The van der Waals surface area contributed by atoms with Gasteiger partial charge in [-0.1, -0.05) is 48.5 Å². The van der Waals surface area contributed by atoms with Crippen molar-refractivity contribution in [3.63, 3.8) is 0 Å². The Morgan fingerprint density at radius 3 is 2.39 bits per heavy atom. The van der Waals surface area contributed by atoms with Crippen molar-refractivity contribution in [2.45, 2.75) is 25.0 Å². The molecule has 28 heavy (non-hydrogen) atoms. The van der Waals surface area contributed by atoms with E-state index in [1.165, 1.54) is 0 Å². The largest absolute Gasteiger partial charge is 0.391 e. The van der Waals surface area contributed by atoms with E-state index in [1.807, 2.05) is 36.4 Å². The Bertz CT molecular complexity index is 761. The molecular formula is C22H26N2O4. The Morgan fingerprint density at radius 2 is 1.75 bits per heavy atom. The Kier molecular flexibility index (Phi) is 7.17. The highest BCUT2D eigenvalue weighted by Gasteiger charge is 2.25. The first-order valence-corrected chi connectivity index (χ1v) is 9.57. The number of benzene rings is 2. The molecule has 3 rings (SSSR count). The number of nitrogens with one attached hydrogen (secondary N) is 2. The maximum atomic E-state index is 12.6. The number of ether oxygens (including phenoxy) is 1. The molecular weight excluding hydrogens is 356 g/mol. The van der Waals surface area contributed by atoms with Gasteiger partial charge in [-0.3, -0.25) is 9.59 Å². The molecule has 6 heteroatoms. The third-order valence-electron chi connectivity index (χ3n) is 4.95. The van der Waals surface area contributed by atoms with Gasteiger partial charge in [0.25, 0.3) is 5.91 Å². The third kappa shape index (κ3) is 5.65. The molecule has 1 aliphatic rings. The summed E-state index contributed by atoms with van der Waals surface area (Å²) in [5.74, 6) is -0.395. The van der Waals surface area contributed by atoms with Crippen molar-refractivity contribution < 1.29 is 19.4 Å². The summed E-state index contributed by atoms with van der Waals surface area (Å²) in [5.41, 5.74) is 1.40. The summed E-state index contributed by atoms with van der Waals surface area (Å²) in [7, 11) is 0. The van der Waals surface area contributed by atoms with Crippen molar-refractivity contribution in [1.29, 1.82) is 0 Å². The van der Waals surface area contributed by atoms with E-state index < -0.39 is 12.1 Å². The third-order valence-corrected chi connectivity index (χ3v) is 4.95. The predicted molar refractivity (Wildman–Crippen MR) is 106 cm³/mol. The topological polar surface area (TPSA) is 87.7 Å². The SMILES string of the molecule is O=C(CC(NC(=O)c1ccccc1)c1ccccc1)NCC(O)C1CCOC1. The first kappa shape index (κ1) is 20.0. The highest BCUT2D eigenvalue weighted by Crippen LogP contribution is 2.19. The molecule has 2 aromatic carbocycles. The monoisotopic (exact) mass is 382 g/mol. The van der Waals surface area contributed by atoms with Crippen molar-refractivity contribution in [3.05, 3.63) is 71.8 Å². The number of aliphatic hydroxyl groups is 1. The highest BCUT2D eigenvalue weighted by atomic mass is 16.5. The highest BCUT2D eigenvalue weighted by molar-refractivity contribution is 5.94. The van der Waals surface area contributed by atoms with Gasteiger partial charge in [0, 0.05) is 24.6 Å². The second kappa shape index (κ2) is 10.0. The molecule has 0 saturated carbocycles. The van der Waals surface area contributed by atoms with Crippen LogP contribution in [0.15, 0.2) is 60.7 Å².